The van der Waals surface area contributed by atoms with Gasteiger partial charge in [0.15, 0.2) is 5.78 Å². The van der Waals surface area contributed by atoms with Crippen LogP contribution in [0.3, 0.4) is 0 Å². The molecule has 0 aromatic heterocycles. The Hall–Kier alpha value is -1.39. The van der Waals surface area contributed by atoms with Crippen molar-refractivity contribution in [1.29, 1.82) is 0 Å². The predicted octanol–water partition coefficient (Wildman–Crippen LogP) is 2.51. The number of carbonyl (C=O) groups is 1. The van der Waals surface area contributed by atoms with Crippen LogP contribution in [0.2, 0.25) is 0 Å². The van der Waals surface area contributed by atoms with Crippen LogP contribution >= 0.6 is 0 Å². The average Bonchev–Trinajstić information content (AvgIpc) is 2.48. The second-order valence-corrected chi connectivity index (χ2v) is 5.34. The Balaban J connectivity index is 2.13. The van der Waals surface area contributed by atoms with E-state index in [1.54, 1.807) is 14.0 Å². The molecule has 4 nitrogen and oxygen atoms in total. The van der Waals surface area contributed by atoms with Crippen LogP contribution in [0.4, 0.5) is 0 Å². The summed E-state index contributed by atoms with van der Waals surface area (Å²) in [6.07, 6.45) is 2.12. The molecule has 0 amide bonds. The van der Waals surface area contributed by atoms with Crippen molar-refractivity contribution in [3.05, 3.63) is 29.3 Å². The topological polar surface area (TPSA) is 38.8 Å². The number of nitrogens with zero attached hydrogens (tertiary/aromatic N) is 1. The Morgan fingerprint density at radius 2 is 2.10 bits per heavy atom. The number of hydrogen-bond donors (Lipinski definition) is 0. The Morgan fingerprint density at radius 3 is 2.70 bits per heavy atom. The standard InChI is InChI=1S/C16H23NO3/c1-12(18)13-4-5-16(19-3)14(10-13)11-17(2)15-6-8-20-9-7-15/h4-5,10,15H,6-9,11H2,1-3H3. The first-order valence-electron chi connectivity index (χ1n) is 7.07. The lowest BCUT2D eigenvalue weighted by Crippen LogP contribution is -2.36. The van der Waals surface area contributed by atoms with Crippen LogP contribution < -0.4 is 4.74 Å². The minimum absolute atomic E-state index is 0.0858. The van der Waals surface area contributed by atoms with Crippen molar-refractivity contribution in [2.24, 2.45) is 0 Å². The first-order valence-corrected chi connectivity index (χ1v) is 7.07. The molecule has 1 fully saturated rings. The second-order valence-electron chi connectivity index (χ2n) is 5.34. The predicted molar refractivity (Wildman–Crippen MR) is 78.3 cm³/mol. The molecule has 0 N–H and O–H groups in total. The van der Waals surface area contributed by atoms with Gasteiger partial charge in [-0.25, -0.2) is 0 Å². The van der Waals surface area contributed by atoms with Gasteiger partial charge in [-0.15, -0.1) is 0 Å². The molecule has 1 aliphatic rings. The third-order valence-electron chi connectivity index (χ3n) is 3.92. The lowest BCUT2D eigenvalue weighted by molar-refractivity contribution is 0.0405. The summed E-state index contributed by atoms with van der Waals surface area (Å²) < 4.78 is 10.8. The highest BCUT2D eigenvalue weighted by molar-refractivity contribution is 5.94. The lowest BCUT2D eigenvalue weighted by Gasteiger charge is -2.31. The van der Waals surface area contributed by atoms with Gasteiger partial charge in [-0.1, -0.05) is 0 Å². The highest BCUT2D eigenvalue weighted by atomic mass is 16.5. The zero-order valence-electron chi connectivity index (χ0n) is 12.5. The van der Waals surface area contributed by atoms with E-state index in [1.807, 2.05) is 18.2 Å². The number of carbonyl (C=O) groups excluding carboxylic acids is 1. The summed E-state index contributed by atoms with van der Waals surface area (Å²) in [6, 6.07) is 6.18. The largest absolute Gasteiger partial charge is 0.496 e. The fourth-order valence-corrected chi connectivity index (χ4v) is 2.64. The van der Waals surface area contributed by atoms with Crippen LogP contribution in [0.15, 0.2) is 18.2 Å². The first kappa shape index (κ1) is 15.0. The highest BCUT2D eigenvalue weighted by Crippen LogP contribution is 2.24. The van der Waals surface area contributed by atoms with Crippen molar-refractivity contribution in [1.82, 2.24) is 4.90 Å². The third-order valence-corrected chi connectivity index (χ3v) is 3.92. The molecule has 1 aliphatic heterocycles. The van der Waals surface area contributed by atoms with E-state index in [2.05, 4.69) is 11.9 Å². The molecule has 2 rings (SSSR count). The minimum Gasteiger partial charge on any atom is -0.496 e. The van der Waals surface area contributed by atoms with E-state index in [-0.39, 0.29) is 5.78 Å². The van der Waals surface area contributed by atoms with Crippen molar-refractivity contribution >= 4 is 5.78 Å². The maximum Gasteiger partial charge on any atom is 0.159 e. The molecule has 0 unspecified atom stereocenters. The maximum absolute atomic E-state index is 11.5. The van der Waals surface area contributed by atoms with Crippen LogP contribution in [0.1, 0.15) is 35.7 Å². The SMILES string of the molecule is COc1ccc(C(C)=O)cc1CN(C)C1CCOCC1. The molecule has 110 valence electrons. The Labute approximate surface area is 120 Å². The summed E-state index contributed by atoms with van der Waals surface area (Å²) in [5.41, 5.74) is 1.80. The highest BCUT2D eigenvalue weighted by Gasteiger charge is 2.19. The van der Waals surface area contributed by atoms with Crippen LogP contribution in [-0.4, -0.2) is 44.1 Å². The van der Waals surface area contributed by atoms with Crippen LogP contribution in [0.25, 0.3) is 0 Å². The van der Waals surface area contributed by atoms with E-state index in [1.165, 1.54) is 0 Å². The van der Waals surface area contributed by atoms with Crippen molar-refractivity contribution in [3.63, 3.8) is 0 Å². The number of benzene rings is 1. The molecule has 0 atom stereocenters. The average molecular weight is 277 g/mol. The second kappa shape index (κ2) is 6.86. The smallest absolute Gasteiger partial charge is 0.159 e. The molecule has 4 heteroatoms. The maximum atomic E-state index is 11.5. The summed E-state index contributed by atoms with van der Waals surface area (Å²) in [4.78, 5) is 13.8. The molecule has 1 aromatic carbocycles. The Kier molecular flexibility index (Phi) is 5.15. The van der Waals surface area contributed by atoms with E-state index in [9.17, 15) is 4.79 Å². The van der Waals surface area contributed by atoms with Crippen molar-refractivity contribution < 1.29 is 14.3 Å². The monoisotopic (exact) mass is 277 g/mol. The van der Waals surface area contributed by atoms with Gasteiger partial charge >= 0.3 is 0 Å². The summed E-state index contributed by atoms with van der Waals surface area (Å²) in [5.74, 6) is 0.927. The van der Waals surface area contributed by atoms with Gasteiger partial charge in [0.1, 0.15) is 5.75 Å². The van der Waals surface area contributed by atoms with E-state index >= 15 is 0 Å². The van der Waals surface area contributed by atoms with Crippen molar-refractivity contribution in [3.8, 4) is 5.75 Å². The fourth-order valence-electron chi connectivity index (χ4n) is 2.64. The molecule has 0 bridgehead atoms. The molecule has 0 saturated carbocycles. The Morgan fingerprint density at radius 1 is 1.40 bits per heavy atom. The van der Waals surface area contributed by atoms with Crippen LogP contribution in [-0.2, 0) is 11.3 Å². The molecule has 0 radical (unpaired) electrons. The Bertz CT molecular complexity index is 467. The molecule has 1 heterocycles. The fraction of sp³-hybridized carbons (Fsp3) is 0.562. The minimum atomic E-state index is 0.0858. The summed E-state index contributed by atoms with van der Waals surface area (Å²) in [7, 11) is 3.79. The molecule has 1 saturated heterocycles. The molecular weight excluding hydrogens is 254 g/mol. The number of hydrogen-bond acceptors (Lipinski definition) is 4. The molecule has 0 aliphatic carbocycles. The third kappa shape index (κ3) is 3.58. The summed E-state index contributed by atoms with van der Waals surface area (Å²) in [6.45, 7) is 4.04. The van der Waals surface area contributed by atoms with E-state index in [0.29, 0.717) is 6.04 Å². The molecule has 0 spiro atoms. The van der Waals surface area contributed by atoms with Crippen molar-refractivity contribution in [2.75, 3.05) is 27.4 Å². The number of rotatable bonds is 5. The lowest BCUT2D eigenvalue weighted by atomic mass is 10.0. The number of Topliss-reactive ketones (excluding diaryl/α,β-unsaturated/α-hetero) is 1. The zero-order valence-corrected chi connectivity index (χ0v) is 12.5. The molecular formula is C16H23NO3. The van der Waals surface area contributed by atoms with Crippen LogP contribution in [0, 0.1) is 0 Å². The summed E-state index contributed by atoms with van der Waals surface area (Å²) >= 11 is 0. The molecule has 1 aromatic rings. The van der Waals surface area contributed by atoms with Gasteiger partial charge in [0.05, 0.1) is 7.11 Å². The zero-order chi connectivity index (χ0) is 14.5. The molecule has 20 heavy (non-hydrogen) atoms. The normalized spacial score (nSPS) is 16.4. The van der Waals surface area contributed by atoms with E-state index < -0.39 is 0 Å². The number of methoxy groups -OCH3 is 1. The van der Waals surface area contributed by atoms with Gasteiger partial charge in [0, 0.05) is 36.9 Å². The summed E-state index contributed by atoms with van der Waals surface area (Å²) in [5, 5.41) is 0. The number of ether oxygens (including phenoxy) is 2. The van der Waals surface area contributed by atoms with Gasteiger partial charge in [0.2, 0.25) is 0 Å². The van der Waals surface area contributed by atoms with Gasteiger partial charge in [-0.3, -0.25) is 9.69 Å². The van der Waals surface area contributed by atoms with Crippen LogP contribution in [0.5, 0.6) is 5.75 Å². The van der Waals surface area contributed by atoms with Gasteiger partial charge in [-0.05, 0) is 45.0 Å². The number of ketones is 1. The van der Waals surface area contributed by atoms with Crippen molar-refractivity contribution in [2.45, 2.75) is 32.4 Å². The van der Waals surface area contributed by atoms with E-state index in [4.69, 9.17) is 9.47 Å². The first-order chi connectivity index (χ1) is 9.61. The van der Waals surface area contributed by atoms with Gasteiger partial charge < -0.3 is 9.47 Å². The van der Waals surface area contributed by atoms with E-state index in [0.717, 1.165) is 49.5 Å². The van der Waals surface area contributed by atoms with Gasteiger partial charge in [0.25, 0.3) is 0 Å². The quantitative estimate of drug-likeness (QED) is 0.775. The van der Waals surface area contributed by atoms with Gasteiger partial charge in [-0.2, -0.15) is 0 Å².